The summed E-state index contributed by atoms with van der Waals surface area (Å²) in [5.74, 6) is -0.213. The van der Waals surface area contributed by atoms with Crippen LogP contribution in [0.4, 0.5) is 4.39 Å². The Hall–Kier alpha value is -2.87. The molecule has 4 nitrogen and oxygen atoms in total. The fourth-order valence-electron chi connectivity index (χ4n) is 1.59. The molecule has 0 spiro atoms. The molecular weight excluding hydrogens is 261 g/mol. The zero-order chi connectivity index (χ0) is 14.5. The summed E-state index contributed by atoms with van der Waals surface area (Å²) in [5, 5.41) is 8.84. The molecule has 100 valence electrons. The quantitative estimate of drug-likeness (QED) is 0.488. The van der Waals surface area contributed by atoms with Crippen molar-refractivity contribution in [2.75, 3.05) is 7.11 Å². The number of carbonyl (C=O) groups excluding carboxylic acids is 1. The number of hydrogen-bond acceptors (Lipinski definition) is 4. The van der Waals surface area contributed by atoms with E-state index in [1.54, 1.807) is 30.3 Å². The molecular formula is C15H10FNO3. The fourth-order valence-corrected chi connectivity index (χ4v) is 1.59. The van der Waals surface area contributed by atoms with E-state index >= 15 is 0 Å². The van der Waals surface area contributed by atoms with E-state index in [4.69, 9.17) is 9.68 Å². The van der Waals surface area contributed by atoms with Gasteiger partial charge in [0.15, 0.2) is 0 Å². The van der Waals surface area contributed by atoms with Crippen molar-refractivity contribution in [3.63, 3.8) is 0 Å². The predicted molar refractivity (Wildman–Crippen MR) is 69.7 cm³/mol. The maximum absolute atomic E-state index is 12.8. The zero-order valence-corrected chi connectivity index (χ0v) is 10.6. The van der Waals surface area contributed by atoms with Crippen LogP contribution in [0.25, 0.3) is 17.4 Å². The number of carbonyl (C=O) groups is 1. The summed E-state index contributed by atoms with van der Waals surface area (Å²) in [6.45, 7) is 0. The Kier molecular flexibility index (Phi) is 3.96. The smallest absolute Gasteiger partial charge is 0.348 e. The molecule has 0 N–H and O–H groups in total. The van der Waals surface area contributed by atoms with Gasteiger partial charge in [-0.05, 0) is 36.4 Å². The monoisotopic (exact) mass is 271 g/mol. The maximum Gasteiger partial charge on any atom is 0.348 e. The lowest BCUT2D eigenvalue weighted by Gasteiger charge is -1.96. The molecule has 0 fully saturated rings. The lowest BCUT2D eigenvalue weighted by molar-refractivity contribution is -0.135. The number of nitriles is 1. The van der Waals surface area contributed by atoms with Crippen LogP contribution >= 0.6 is 0 Å². The van der Waals surface area contributed by atoms with E-state index in [0.717, 1.165) is 0 Å². The van der Waals surface area contributed by atoms with Gasteiger partial charge in [0.25, 0.3) is 0 Å². The lowest BCUT2D eigenvalue weighted by atomic mass is 10.2. The van der Waals surface area contributed by atoms with Crippen LogP contribution in [0.5, 0.6) is 0 Å². The summed E-state index contributed by atoms with van der Waals surface area (Å²) in [4.78, 5) is 11.3. The van der Waals surface area contributed by atoms with Crippen molar-refractivity contribution in [3.05, 3.63) is 53.5 Å². The summed E-state index contributed by atoms with van der Waals surface area (Å²) in [6, 6.07) is 10.8. The largest absolute Gasteiger partial charge is 0.465 e. The third-order valence-electron chi connectivity index (χ3n) is 2.57. The minimum Gasteiger partial charge on any atom is -0.465 e. The van der Waals surface area contributed by atoms with Crippen LogP contribution in [-0.2, 0) is 9.53 Å². The second kappa shape index (κ2) is 5.85. The third kappa shape index (κ3) is 2.93. The summed E-state index contributed by atoms with van der Waals surface area (Å²) >= 11 is 0. The van der Waals surface area contributed by atoms with Crippen molar-refractivity contribution in [2.45, 2.75) is 0 Å². The summed E-state index contributed by atoms with van der Waals surface area (Å²) < 4.78 is 22.8. The van der Waals surface area contributed by atoms with Gasteiger partial charge in [-0.3, -0.25) is 0 Å². The Morgan fingerprint density at radius 1 is 1.30 bits per heavy atom. The van der Waals surface area contributed by atoms with Crippen molar-refractivity contribution >= 4 is 12.0 Å². The fraction of sp³-hybridized carbons (Fsp3) is 0.0667. The van der Waals surface area contributed by atoms with E-state index in [1.807, 2.05) is 0 Å². The first-order valence-electron chi connectivity index (χ1n) is 5.70. The molecule has 1 aromatic heterocycles. The summed E-state index contributed by atoms with van der Waals surface area (Å²) in [7, 11) is 1.19. The summed E-state index contributed by atoms with van der Waals surface area (Å²) in [6.07, 6.45) is 1.29. The van der Waals surface area contributed by atoms with Crippen LogP contribution in [0, 0.1) is 17.1 Å². The van der Waals surface area contributed by atoms with Crippen LogP contribution < -0.4 is 0 Å². The Bertz CT molecular complexity index is 693. The van der Waals surface area contributed by atoms with Gasteiger partial charge < -0.3 is 9.15 Å². The molecule has 0 atom stereocenters. The Morgan fingerprint density at radius 2 is 2.00 bits per heavy atom. The van der Waals surface area contributed by atoms with Gasteiger partial charge in [-0.1, -0.05) is 0 Å². The molecule has 0 amide bonds. The maximum atomic E-state index is 12.8. The average Bonchev–Trinajstić information content (AvgIpc) is 2.93. The zero-order valence-electron chi connectivity index (χ0n) is 10.6. The van der Waals surface area contributed by atoms with Crippen LogP contribution in [0.3, 0.4) is 0 Å². The van der Waals surface area contributed by atoms with E-state index in [-0.39, 0.29) is 11.4 Å². The van der Waals surface area contributed by atoms with Crippen molar-refractivity contribution in [1.82, 2.24) is 0 Å². The topological polar surface area (TPSA) is 63.2 Å². The Morgan fingerprint density at radius 3 is 2.60 bits per heavy atom. The van der Waals surface area contributed by atoms with E-state index < -0.39 is 5.97 Å². The highest BCUT2D eigenvalue weighted by Gasteiger charge is 2.10. The number of benzene rings is 1. The van der Waals surface area contributed by atoms with Gasteiger partial charge >= 0.3 is 5.97 Å². The normalized spacial score (nSPS) is 10.9. The first-order valence-corrected chi connectivity index (χ1v) is 5.70. The lowest BCUT2D eigenvalue weighted by Crippen LogP contribution is -2.02. The number of rotatable bonds is 3. The van der Waals surface area contributed by atoms with Crippen LogP contribution in [0.15, 0.2) is 46.4 Å². The molecule has 0 aliphatic carbocycles. The van der Waals surface area contributed by atoms with Crippen molar-refractivity contribution in [2.24, 2.45) is 0 Å². The average molecular weight is 271 g/mol. The number of halogens is 1. The molecule has 2 rings (SSSR count). The van der Waals surface area contributed by atoms with Crippen LogP contribution in [0.2, 0.25) is 0 Å². The standard InChI is InChI=1S/C15H10FNO3/c1-19-15(18)11(9-17)8-13-6-7-14(20-13)10-2-4-12(16)5-3-10/h2-8H,1H3/b11-8+. The van der Waals surface area contributed by atoms with Gasteiger partial charge in [-0.25, -0.2) is 9.18 Å². The predicted octanol–water partition coefficient (Wildman–Crippen LogP) is 3.17. The molecule has 1 heterocycles. The minimum atomic E-state index is -0.729. The number of methoxy groups -OCH3 is 1. The van der Waals surface area contributed by atoms with E-state index in [0.29, 0.717) is 17.1 Å². The number of hydrogen-bond donors (Lipinski definition) is 0. The van der Waals surface area contributed by atoms with Crippen molar-refractivity contribution < 1.29 is 18.3 Å². The van der Waals surface area contributed by atoms with Gasteiger partial charge in [0.2, 0.25) is 0 Å². The molecule has 1 aromatic carbocycles. The van der Waals surface area contributed by atoms with E-state index in [9.17, 15) is 9.18 Å². The van der Waals surface area contributed by atoms with Gasteiger partial charge in [-0.15, -0.1) is 0 Å². The number of esters is 1. The number of furan rings is 1. The molecule has 0 saturated heterocycles. The molecule has 0 bridgehead atoms. The van der Waals surface area contributed by atoms with Gasteiger partial charge in [-0.2, -0.15) is 5.26 Å². The van der Waals surface area contributed by atoms with Crippen LogP contribution in [-0.4, -0.2) is 13.1 Å². The van der Waals surface area contributed by atoms with Gasteiger partial charge in [0, 0.05) is 11.6 Å². The second-order valence-electron chi connectivity index (χ2n) is 3.87. The molecule has 0 unspecified atom stereocenters. The Balaban J connectivity index is 2.29. The molecule has 0 aliphatic rings. The SMILES string of the molecule is COC(=O)/C(C#N)=C/c1ccc(-c2ccc(F)cc2)o1. The second-order valence-corrected chi connectivity index (χ2v) is 3.87. The molecule has 0 aliphatic heterocycles. The van der Waals surface area contributed by atoms with Gasteiger partial charge in [0.1, 0.15) is 29.0 Å². The molecule has 5 heteroatoms. The highest BCUT2D eigenvalue weighted by molar-refractivity contribution is 5.97. The van der Waals surface area contributed by atoms with Gasteiger partial charge in [0.05, 0.1) is 7.11 Å². The number of nitrogens with zero attached hydrogens (tertiary/aromatic N) is 1. The third-order valence-corrected chi connectivity index (χ3v) is 2.57. The van der Waals surface area contributed by atoms with E-state index in [1.165, 1.54) is 25.3 Å². The minimum absolute atomic E-state index is 0.160. The first kappa shape index (κ1) is 13.6. The first-order chi connectivity index (χ1) is 9.63. The van der Waals surface area contributed by atoms with Crippen molar-refractivity contribution in [1.29, 1.82) is 5.26 Å². The van der Waals surface area contributed by atoms with Crippen molar-refractivity contribution in [3.8, 4) is 17.4 Å². The molecule has 20 heavy (non-hydrogen) atoms. The molecule has 0 saturated carbocycles. The molecule has 0 radical (unpaired) electrons. The Labute approximate surface area is 114 Å². The summed E-state index contributed by atoms with van der Waals surface area (Å²) in [5.41, 5.74) is 0.537. The molecule has 2 aromatic rings. The highest BCUT2D eigenvalue weighted by atomic mass is 19.1. The van der Waals surface area contributed by atoms with Crippen LogP contribution in [0.1, 0.15) is 5.76 Å². The highest BCUT2D eigenvalue weighted by Crippen LogP contribution is 2.23. The number of ether oxygens (including phenoxy) is 1. The van der Waals surface area contributed by atoms with E-state index in [2.05, 4.69) is 4.74 Å².